The molecular weight excluding hydrogens is 357 g/mol. The minimum Gasteiger partial charge on any atom is -0.466 e. The van der Waals surface area contributed by atoms with Gasteiger partial charge in [0.25, 0.3) is 0 Å². The Morgan fingerprint density at radius 1 is 1.19 bits per heavy atom. The van der Waals surface area contributed by atoms with Crippen molar-refractivity contribution in [1.29, 1.82) is 0 Å². The molecule has 0 N–H and O–H groups in total. The zero-order valence-corrected chi connectivity index (χ0v) is 15.2. The first-order valence-electron chi connectivity index (χ1n) is 8.44. The van der Waals surface area contributed by atoms with Gasteiger partial charge in [-0.1, -0.05) is 24.3 Å². The highest BCUT2D eigenvalue weighted by molar-refractivity contribution is 7.89. The summed E-state index contributed by atoms with van der Waals surface area (Å²) in [5, 5.41) is 0. The second-order valence-electron chi connectivity index (χ2n) is 6.04. The number of benzene rings is 2. The first-order chi connectivity index (χ1) is 12.4. The van der Waals surface area contributed by atoms with E-state index in [0.717, 1.165) is 23.3 Å². The van der Waals surface area contributed by atoms with Crippen molar-refractivity contribution in [1.82, 2.24) is 4.31 Å². The predicted octanol–water partition coefficient (Wildman–Crippen LogP) is 3.07. The van der Waals surface area contributed by atoms with Crippen molar-refractivity contribution in [2.75, 3.05) is 13.2 Å². The van der Waals surface area contributed by atoms with Crippen molar-refractivity contribution in [2.24, 2.45) is 0 Å². The molecule has 138 valence electrons. The summed E-state index contributed by atoms with van der Waals surface area (Å²) in [5.41, 5.74) is 1.82. The van der Waals surface area contributed by atoms with Gasteiger partial charge in [-0.2, -0.15) is 4.31 Å². The Balaban J connectivity index is 2.01. The van der Waals surface area contributed by atoms with Crippen LogP contribution in [0.25, 0.3) is 0 Å². The summed E-state index contributed by atoms with van der Waals surface area (Å²) >= 11 is 0. The third kappa shape index (κ3) is 3.64. The van der Waals surface area contributed by atoms with Gasteiger partial charge in [0.15, 0.2) is 0 Å². The molecule has 0 aliphatic carbocycles. The predicted molar refractivity (Wildman–Crippen MR) is 94.4 cm³/mol. The fourth-order valence-corrected chi connectivity index (χ4v) is 4.85. The normalized spacial score (nSPS) is 17.5. The molecule has 1 atom stereocenters. The lowest BCUT2D eigenvalue weighted by Gasteiger charge is -2.36. The van der Waals surface area contributed by atoms with Gasteiger partial charge in [0.05, 0.1) is 24.0 Å². The van der Waals surface area contributed by atoms with Crippen LogP contribution in [0.2, 0.25) is 0 Å². The summed E-state index contributed by atoms with van der Waals surface area (Å²) in [4.78, 5) is 12.1. The minimum absolute atomic E-state index is 0.00661. The van der Waals surface area contributed by atoms with Crippen LogP contribution in [-0.4, -0.2) is 31.8 Å². The van der Waals surface area contributed by atoms with Gasteiger partial charge in [0, 0.05) is 6.54 Å². The molecule has 1 aliphatic heterocycles. The quantitative estimate of drug-likeness (QED) is 0.752. The molecule has 0 unspecified atom stereocenters. The summed E-state index contributed by atoms with van der Waals surface area (Å²) in [6.07, 6.45) is 0.487. The second kappa shape index (κ2) is 7.55. The van der Waals surface area contributed by atoms with E-state index in [9.17, 15) is 17.6 Å². The zero-order valence-electron chi connectivity index (χ0n) is 14.4. The Hall–Kier alpha value is -2.25. The van der Waals surface area contributed by atoms with Gasteiger partial charge in [-0.25, -0.2) is 12.8 Å². The highest BCUT2D eigenvalue weighted by Gasteiger charge is 2.37. The number of fused-ring (bicyclic) bond motifs is 1. The Morgan fingerprint density at radius 3 is 2.58 bits per heavy atom. The number of halogens is 1. The standard InChI is InChI=1S/C19H20FNO4S/c1-2-25-19(22)13-18-17-6-4-3-5-14(17)11-12-21(18)26(23,24)16-9-7-15(20)8-10-16/h3-10,18H,2,11-13H2,1H3/t18-/m1/s1. The Bertz CT molecular complexity index is 896. The monoisotopic (exact) mass is 377 g/mol. The first-order valence-corrected chi connectivity index (χ1v) is 9.88. The van der Waals surface area contributed by atoms with Crippen molar-refractivity contribution in [3.63, 3.8) is 0 Å². The van der Waals surface area contributed by atoms with Gasteiger partial charge >= 0.3 is 5.97 Å². The maximum absolute atomic E-state index is 13.2. The van der Waals surface area contributed by atoms with Gasteiger partial charge < -0.3 is 4.74 Å². The topological polar surface area (TPSA) is 63.7 Å². The molecule has 2 aromatic rings. The number of rotatable bonds is 5. The third-order valence-electron chi connectivity index (χ3n) is 4.45. The van der Waals surface area contributed by atoms with Gasteiger partial charge in [-0.05, 0) is 48.7 Å². The number of nitrogens with zero attached hydrogens (tertiary/aromatic N) is 1. The summed E-state index contributed by atoms with van der Waals surface area (Å²) < 4.78 is 45.7. The number of carbonyl (C=O) groups is 1. The van der Waals surface area contributed by atoms with Crippen LogP contribution < -0.4 is 0 Å². The van der Waals surface area contributed by atoms with E-state index in [1.54, 1.807) is 6.92 Å². The largest absolute Gasteiger partial charge is 0.466 e. The van der Waals surface area contributed by atoms with E-state index in [1.165, 1.54) is 16.4 Å². The molecule has 0 bridgehead atoms. The highest BCUT2D eigenvalue weighted by Crippen LogP contribution is 2.36. The fraction of sp³-hybridized carbons (Fsp3) is 0.316. The van der Waals surface area contributed by atoms with Crippen LogP contribution in [0.4, 0.5) is 4.39 Å². The fourth-order valence-electron chi connectivity index (χ4n) is 3.25. The summed E-state index contributed by atoms with van der Waals surface area (Å²) in [5.74, 6) is -0.954. The van der Waals surface area contributed by atoms with Crippen LogP contribution in [0.3, 0.4) is 0 Å². The van der Waals surface area contributed by atoms with Crippen LogP contribution in [0.1, 0.15) is 30.5 Å². The SMILES string of the molecule is CCOC(=O)C[C@@H]1c2ccccc2CCN1S(=O)(=O)c1ccc(F)cc1. The maximum atomic E-state index is 13.2. The average Bonchev–Trinajstić information content (AvgIpc) is 2.62. The molecule has 0 aromatic heterocycles. The van der Waals surface area contributed by atoms with Crippen LogP contribution in [0, 0.1) is 5.82 Å². The lowest BCUT2D eigenvalue weighted by molar-refractivity contribution is -0.144. The number of esters is 1. The molecule has 0 spiro atoms. The molecule has 0 amide bonds. The number of hydrogen-bond acceptors (Lipinski definition) is 4. The summed E-state index contributed by atoms with van der Waals surface area (Å²) in [6.45, 7) is 2.19. The average molecular weight is 377 g/mol. The summed E-state index contributed by atoms with van der Waals surface area (Å²) in [7, 11) is -3.87. The number of carbonyl (C=O) groups excluding carboxylic acids is 1. The number of hydrogen-bond donors (Lipinski definition) is 0. The molecule has 3 rings (SSSR count). The second-order valence-corrected chi connectivity index (χ2v) is 7.93. The molecule has 1 aliphatic rings. The molecule has 1 heterocycles. The van der Waals surface area contributed by atoms with Crippen LogP contribution in [-0.2, 0) is 26.0 Å². The Morgan fingerprint density at radius 2 is 1.88 bits per heavy atom. The van der Waals surface area contributed by atoms with E-state index in [0.29, 0.717) is 6.42 Å². The van der Waals surface area contributed by atoms with Crippen molar-refractivity contribution in [2.45, 2.75) is 30.7 Å². The Labute approximate surface area is 152 Å². The van der Waals surface area contributed by atoms with Crippen LogP contribution in [0.5, 0.6) is 0 Å². The molecule has 5 nitrogen and oxygen atoms in total. The van der Waals surface area contributed by atoms with Crippen molar-refractivity contribution in [3.05, 3.63) is 65.5 Å². The molecule has 26 heavy (non-hydrogen) atoms. The summed E-state index contributed by atoms with van der Waals surface area (Å²) in [6, 6.07) is 11.6. The van der Waals surface area contributed by atoms with E-state index in [-0.39, 0.29) is 24.5 Å². The molecule has 2 aromatic carbocycles. The van der Waals surface area contributed by atoms with Gasteiger partial charge in [-0.3, -0.25) is 4.79 Å². The van der Waals surface area contributed by atoms with E-state index >= 15 is 0 Å². The molecule has 0 radical (unpaired) electrons. The van der Waals surface area contributed by atoms with Crippen molar-refractivity contribution in [3.8, 4) is 0 Å². The lowest BCUT2D eigenvalue weighted by Crippen LogP contribution is -2.41. The molecule has 7 heteroatoms. The molecule has 0 fully saturated rings. The van der Waals surface area contributed by atoms with E-state index in [1.807, 2.05) is 24.3 Å². The van der Waals surface area contributed by atoms with Gasteiger partial charge in [0.1, 0.15) is 5.82 Å². The molecule has 0 saturated heterocycles. The van der Waals surface area contributed by atoms with E-state index in [2.05, 4.69) is 0 Å². The smallest absolute Gasteiger partial charge is 0.307 e. The molecule has 0 saturated carbocycles. The maximum Gasteiger partial charge on any atom is 0.307 e. The first kappa shape index (κ1) is 18.5. The Kier molecular flexibility index (Phi) is 5.38. The number of ether oxygens (including phenoxy) is 1. The van der Waals surface area contributed by atoms with Crippen molar-refractivity contribution >= 4 is 16.0 Å². The van der Waals surface area contributed by atoms with Gasteiger partial charge in [-0.15, -0.1) is 0 Å². The van der Waals surface area contributed by atoms with E-state index in [4.69, 9.17) is 4.74 Å². The zero-order chi connectivity index (χ0) is 18.7. The number of sulfonamides is 1. The molecular formula is C19H20FNO4S. The van der Waals surface area contributed by atoms with Crippen molar-refractivity contribution < 1.29 is 22.3 Å². The van der Waals surface area contributed by atoms with Gasteiger partial charge in [0.2, 0.25) is 10.0 Å². The van der Waals surface area contributed by atoms with Crippen LogP contribution >= 0.6 is 0 Å². The highest BCUT2D eigenvalue weighted by atomic mass is 32.2. The van der Waals surface area contributed by atoms with E-state index < -0.39 is 27.9 Å². The minimum atomic E-state index is -3.87. The third-order valence-corrected chi connectivity index (χ3v) is 6.37. The van der Waals surface area contributed by atoms with Crippen LogP contribution in [0.15, 0.2) is 53.4 Å². The lowest BCUT2D eigenvalue weighted by atomic mass is 9.92.